The van der Waals surface area contributed by atoms with E-state index in [1.54, 1.807) is 12.1 Å². The summed E-state index contributed by atoms with van der Waals surface area (Å²) in [5.74, 6) is 0.287. The lowest BCUT2D eigenvalue weighted by molar-refractivity contribution is -0.128. The van der Waals surface area contributed by atoms with E-state index in [1.807, 2.05) is 25.7 Å². The number of hydrogen-bond donors (Lipinski definition) is 2. The molecule has 2 rings (SSSR count). The number of guanidine groups is 1. The van der Waals surface area contributed by atoms with Gasteiger partial charge < -0.3 is 20.9 Å². The lowest BCUT2D eigenvalue weighted by Crippen LogP contribution is -2.51. The third-order valence-corrected chi connectivity index (χ3v) is 4.15. The Labute approximate surface area is 148 Å². The van der Waals surface area contributed by atoms with Crippen LogP contribution in [0.5, 0.6) is 0 Å². The first-order chi connectivity index (χ1) is 11.8. The molecule has 6 nitrogen and oxygen atoms in total. The molecule has 3 N–H and O–H groups in total. The molecule has 1 aliphatic heterocycles. The maximum atomic E-state index is 13.0. The summed E-state index contributed by atoms with van der Waals surface area (Å²) >= 11 is 0. The standard InChI is InChI=1S/C18H28FN5O/c1-18(2,3)16(25)21-8-9-22-17(20)24-12-10-23(11-13-24)15-6-4-14(19)5-7-15/h4-7H,8-13H2,1-3H3,(H2,20,22)(H,21,25). The topological polar surface area (TPSA) is 74.0 Å². The van der Waals surface area contributed by atoms with E-state index in [0.29, 0.717) is 19.0 Å². The van der Waals surface area contributed by atoms with Gasteiger partial charge in [0.25, 0.3) is 0 Å². The number of benzene rings is 1. The van der Waals surface area contributed by atoms with Gasteiger partial charge in [-0.15, -0.1) is 0 Å². The molecular formula is C18H28FN5O. The molecular weight excluding hydrogens is 321 g/mol. The van der Waals surface area contributed by atoms with Crippen LogP contribution in [0.1, 0.15) is 20.8 Å². The molecule has 1 fully saturated rings. The highest BCUT2D eigenvalue weighted by Crippen LogP contribution is 2.16. The van der Waals surface area contributed by atoms with Crippen LogP contribution in [0.4, 0.5) is 10.1 Å². The average molecular weight is 349 g/mol. The van der Waals surface area contributed by atoms with Crippen molar-refractivity contribution in [3.05, 3.63) is 30.1 Å². The monoisotopic (exact) mass is 349 g/mol. The van der Waals surface area contributed by atoms with Crippen LogP contribution in [0.2, 0.25) is 0 Å². The summed E-state index contributed by atoms with van der Waals surface area (Å²) in [4.78, 5) is 20.4. The minimum Gasteiger partial charge on any atom is -0.370 e. The number of nitrogens with zero attached hydrogens (tertiary/aromatic N) is 3. The highest BCUT2D eigenvalue weighted by Gasteiger charge is 2.21. The van der Waals surface area contributed by atoms with Gasteiger partial charge in [0.05, 0.1) is 6.54 Å². The number of amides is 1. The van der Waals surface area contributed by atoms with Crippen LogP contribution in [-0.2, 0) is 4.79 Å². The number of aliphatic imine (C=N–C) groups is 1. The number of nitrogens with two attached hydrogens (primary N) is 1. The van der Waals surface area contributed by atoms with Crippen LogP contribution < -0.4 is 16.0 Å². The third kappa shape index (κ3) is 5.62. The molecule has 0 aromatic heterocycles. The Morgan fingerprint density at radius 1 is 1.20 bits per heavy atom. The molecule has 1 aromatic carbocycles. The van der Waals surface area contributed by atoms with E-state index in [2.05, 4.69) is 15.2 Å². The number of nitrogens with one attached hydrogen (secondary N) is 1. The number of carbonyl (C=O) groups excluding carboxylic acids is 1. The Kier molecular flexibility index (Phi) is 6.22. The summed E-state index contributed by atoms with van der Waals surface area (Å²) in [6.45, 7) is 9.72. The van der Waals surface area contributed by atoms with E-state index in [9.17, 15) is 9.18 Å². The maximum Gasteiger partial charge on any atom is 0.225 e. The minimum atomic E-state index is -0.397. The first kappa shape index (κ1) is 19.0. The fraction of sp³-hybridized carbons (Fsp3) is 0.556. The van der Waals surface area contributed by atoms with Crippen LogP contribution in [0.25, 0.3) is 0 Å². The van der Waals surface area contributed by atoms with Gasteiger partial charge in [0, 0.05) is 43.8 Å². The Bertz CT molecular complexity index is 601. The van der Waals surface area contributed by atoms with Gasteiger partial charge >= 0.3 is 0 Å². The van der Waals surface area contributed by atoms with Crippen molar-refractivity contribution >= 4 is 17.6 Å². The lowest BCUT2D eigenvalue weighted by Gasteiger charge is -2.36. The molecule has 1 saturated heterocycles. The smallest absolute Gasteiger partial charge is 0.225 e. The van der Waals surface area contributed by atoms with Crippen molar-refractivity contribution in [3.63, 3.8) is 0 Å². The summed E-state index contributed by atoms with van der Waals surface area (Å²) < 4.78 is 13.0. The van der Waals surface area contributed by atoms with E-state index in [0.717, 1.165) is 31.9 Å². The van der Waals surface area contributed by atoms with E-state index < -0.39 is 5.41 Å². The summed E-state index contributed by atoms with van der Waals surface area (Å²) in [6, 6.07) is 6.54. The highest BCUT2D eigenvalue weighted by molar-refractivity contribution is 5.81. The predicted octanol–water partition coefficient (Wildman–Crippen LogP) is 1.42. The van der Waals surface area contributed by atoms with Gasteiger partial charge in [-0.2, -0.15) is 0 Å². The largest absolute Gasteiger partial charge is 0.370 e. The van der Waals surface area contributed by atoms with Crippen molar-refractivity contribution in [2.45, 2.75) is 20.8 Å². The Balaban J connectivity index is 1.76. The van der Waals surface area contributed by atoms with Crippen LogP contribution in [0.3, 0.4) is 0 Å². The first-order valence-electron chi connectivity index (χ1n) is 8.61. The minimum absolute atomic E-state index is 0.00850. The van der Waals surface area contributed by atoms with Crippen LogP contribution in [-0.4, -0.2) is 56.0 Å². The highest BCUT2D eigenvalue weighted by atomic mass is 19.1. The molecule has 0 atom stereocenters. The summed E-state index contributed by atoms with van der Waals surface area (Å²) in [5.41, 5.74) is 6.67. The number of piperazine rings is 1. The second-order valence-corrected chi connectivity index (χ2v) is 7.20. The molecule has 0 radical (unpaired) electrons. The van der Waals surface area contributed by atoms with Gasteiger partial charge in [-0.3, -0.25) is 9.79 Å². The predicted molar refractivity (Wildman–Crippen MR) is 99.1 cm³/mol. The Morgan fingerprint density at radius 3 is 2.36 bits per heavy atom. The van der Waals surface area contributed by atoms with Crippen LogP contribution >= 0.6 is 0 Å². The molecule has 1 aliphatic rings. The Hall–Kier alpha value is -2.31. The zero-order valence-electron chi connectivity index (χ0n) is 15.3. The van der Waals surface area contributed by atoms with Gasteiger partial charge in [-0.1, -0.05) is 20.8 Å². The van der Waals surface area contributed by atoms with Gasteiger partial charge in [0.2, 0.25) is 5.91 Å². The summed E-state index contributed by atoms with van der Waals surface area (Å²) in [7, 11) is 0. The van der Waals surface area contributed by atoms with Crippen molar-refractivity contribution in [1.29, 1.82) is 0 Å². The quantitative estimate of drug-likeness (QED) is 0.490. The number of anilines is 1. The maximum absolute atomic E-state index is 13.0. The molecule has 0 spiro atoms. The van der Waals surface area contributed by atoms with Crippen molar-refractivity contribution in [3.8, 4) is 0 Å². The number of halogens is 1. The normalized spacial score (nSPS) is 16.1. The lowest BCUT2D eigenvalue weighted by atomic mass is 9.96. The average Bonchev–Trinajstić information content (AvgIpc) is 2.58. The Morgan fingerprint density at radius 2 is 1.80 bits per heavy atom. The molecule has 25 heavy (non-hydrogen) atoms. The van der Waals surface area contributed by atoms with Gasteiger partial charge in [-0.25, -0.2) is 4.39 Å². The fourth-order valence-electron chi connectivity index (χ4n) is 2.55. The molecule has 1 amide bonds. The zero-order valence-corrected chi connectivity index (χ0v) is 15.3. The molecule has 138 valence electrons. The number of carbonyl (C=O) groups is 1. The van der Waals surface area contributed by atoms with Crippen molar-refractivity contribution in [1.82, 2.24) is 10.2 Å². The molecule has 7 heteroatoms. The van der Waals surface area contributed by atoms with Crippen LogP contribution in [0.15, 0.2) is 29.3 Å². The molecule has 0 bridgehead atoms. The summed E-state index contributed by atoms with van der Waals surface area (Å²) in [5, 5.41) is 2.86. The molecule has 1 heterocycles. The van der Waals surface area contributed by atoms with Crippen molar-refractivity contribution < 1.29 is 9.18 Å². The van der Waals surface area contributed by atoms with E-state index in [-0.39, 0.29) is 11.7 Å². The van der Waals surface area contributed by atoms with Gasteiger partial charge in [0.15, 0.2) is 5.96 Å². The van der Waals surface area contributed by atoms with Gasteiger partial charge in [-0.05, 0) is 24.3 Å². The molecule has 0 unspecified atom stereocenters. The second-order valence-electron chi connectivity index (χ2n) is 7.20. The van der Waals surface area contributed by atoms with Gasteiger partial charge in [0.1, 0.15) is 5.82 Å². The number of hydrogen-bond acceptors (Lipinski definition) is 3. The molecule has 0 saturated carbocycles. The zero-order chi connectivity index (χ0) is 18.4. The van der Waals surface area contributed by atoms with E-state index in [1.165, 1.54) is 12.1 Å². The van der Waals surface area contributed by atoms with Crippen LogP contribution in [0, 0.1) is 11.2 Å². The summed E-state index contributed by atoms with van der Waals surface area (Å²) in [6.07, 6.45) is 0. The van der Waals surface area contributed by atoms with Crippen molar-refractivity contribution in [2.75, 3.05) is 44.2 Å². The molecule has 0 aliphatic carbocycles. The fourth-order valence-corrected chi connectivity index (χ4v) is 2.55. The van der Waals surface area contributed by atoms with E-state index in [4.69, 9.17) is 5.73 Å². The second kappa shape index (κ2) is 8.18. The first-order valence-corrected chi connectivity index (χ1v) is 8.61. The third-order valence-electron chi connectivity index (χ3n) is 4.15. The number of rotatable bonds is 4. The molecule has 1 aromatic rings. The van der Waals surface area contributed by atoms with Crippen molar-refractivity contribution in [2.24, 2.45) is 16.1 Å². The SMILES string of the molecule is CC(C)(C)C(=O)NCCN=C(N)N1CCN(c2ccc(F)cc2)CC1. The van der Waals surface area contributed by atoms with E-state index >= 15 is 0 Å².